The number of hydrogen-bond donors (Lipinski definition) is 4. The molecule has 0 aliphatic carbocycles. The number of rotatable bonds is 9. The Morgan fingerprint density at radius 1 is 1.12 bits per heavy atom. The molecular weight excluding hydrogens is 352 g/mol. The van der Waals surface area contributed by atoms with Gasteiger partial charge in [0.2, 0.25) is 10.0 Å². The molecule has 2 rings (SSSR count). The SMILES string of the molecule is CC(CCc1ccccc1)CNCC(O)c1ccc(O)c(S(N)(=O)=O)c1. The predicted octanol–water partition coefficient (Wildman–Crippen LogP) is 1.93. The quantitative estimate of drug-likeness (QED) is 0.533. The van der Waals surface area contributed by atoms with Crippen molar-refractivity contribution in [1.29, 1.82) is 0 Å². The molecule has 0 saturated heterocycles. The molecule has 0 fully saturated rings. The van der Waals surface area contributed by atoms with E-state index in [1.807, 2.05) is 18.2 Å². The first kappa shape index (κ1) is 20.4. The first-order valence-corrected chi connectivity index (χ1v) is 10.1. The number of aromatic hydroxyl groups is 1. The third-order valence-corrected chi connectivity index (χ3v) is 5.21. The second-order valence-corrected chi connectivity index (χ2v) is 8.11. The van der Waals surface area contributed by atoms with Crippen LogP contribution in [0.15, 0.2) is 53.4 Å². The fourth-order valence-electron chi connectivity index (χ4n) is 2.71. The third kappa shape index (κ3) is 6.10. The van der Waals surface area contributed by atoms with Gasteiger partial charge in [-0.25, -0.2) is 13.6 Å². The van der Waals surface area contributed by atoms with E-state index in [4.69, 9.17) is 5.14 Å². The predicted molar refractivity (Wildman–Crippen MR) is 101 cm³/mol. The van der Waals surface area contributed by atoms with Crippen molar-refractivity contribution >= 4 is 10.0 Å². The van der Waals surface area contributed by atoms with Crippen molar-refractivity contribution in [3.8, 4) is 5.75 Å². The minimum Gasteiger partial charge on any atom is -0.507 e. The summed E-state index contributed by atoms with van der Waals surface area (Å²) in [6, 6.07) is 14.2. The maximum Gasteiger partial charge on any atom is 0.241 e. The second kappa shape index (κ2) is 9.14. The van der Waals surface area contributed by atoms with Crippen LogP contribution in [0.3, 0.4) is 0 Å². The monoisotopic (exact) mass is 378 g/mol. The molecule has 0 radical (unpaired) electrons. The Kier molecular flexibility index (Phi) is 7.16. The van der Waals surface area contributed by atoms with Crippen molar-refractivity contribution in [2.75, 3.05) is 13.1 Å². The van der Waals surface area contributed by atoms with Gasteiger partial charge in [-0.05, 0) is 48.6 Å². The van der Waals surface area contributed by atoms with E-state index < -0.39 is 21.9 Å². The molecule has 26 heavy (non-hydrogen) atoms. The van der Waals surface area contributed by atoms with Crippen LogP contribution in [0, 0.1) is 5.92 Å². The van der Waals surface area contributed by atoms with E-state index in [0.717, 1.165) is 19.4 Å². The maximum absolute atomic E-state index is 11.4. The average molecular weight is 378 g/mol. The summed E-state index contributed by atoms with van der Waals surface area (Å²) in [7, 11) is -4.04. The van der Waals surface area contributed by atoms with Crippen LogP contribution in [0.25, 0.3) is 0 Å². The smallest absolute Gasteiger partial charge is 0.241 e. The number of aliphatic hydroxyl groups is 1. The minimum absolute atomic E-state index is 0.282. The molecule has 0 aromatic heterocycles. The lowest BCUT2D eigenvalue weighted by molar-refractivity contribution is 0.172. The van der Waals surface area contributed by atoms with Gasteiger partial charge in [0.25, 0.3) is 0 Å². The zero-order valence-corrected chi connectivity index (χ0v) is 15.6. The van der Waals surface area contributed by atoms with Gasteiger partial charge in [-0.15, -0.1) is 0 Å². The van der Waals surface area contributed by atoms with Gasteiger partial charge in [-0.1, -0.05) is 43.3 Å². The van der Waals surface area contributed by atoms with Gasteiger partial charge >= 0.3 is 0 Å². The molecule has 0 heterocycles. The van der Waals surface area contributed by atoms with Gasteiger partial charge in [0.15, 0.2) is 0 Å². The van der Waals surface area contributed by atoms with Crippen molar-refractivity contribution in [3.63, 3.8) is 0 Å². The van der Waals surface area contributed by atoms with Crippen molar-refractivity contribution in [2.24, 2.45) is 11.1 Å². The number of aliphatic hydroxyl groups excluding tert-OH is 1. The third-order valence-electron chi connectivity index (χ3n) is 4.27. The van der Waals surface area contributed by atoms with Crippen LogP contribution in [-0.4, -0.2) is 31.7 Å². The highest BCUT2D eigenvalue weighted by Gasteiger charge is 2.17. The minimum atomic E-state index is -4.04. The molecule has 6 nitrogen and oxygen atoms in total. The number of primary sulfonamides is 1. The molecule has 5 N–H and O–H groups in total. The van der Waals surface area contributed by atoms with Crippen LogP contribution in [0.4, 0.5) is 0 Å². The van der Waals surface area contributed by atoms with Gasteiger partial charge in [0, 0.05) is 6.54 Å². The topological polar surface area (TPSA) is 113 Å². The van der Waals surface area contributed by atoms with E-state index in [1.54, 1.807) is 0 Å². The molecule has 7 heteroatoms. The van der Waals surface area contributed by atoms with E-state index >= 15 is 0 Å². The largest absolute Gasteiger partial charge is 0.507 e. The van der Waals surface area contributed by atoms with E-state index in [1.165, 1.54) is 23.8 Å². The van der Waals surface area contributed by atoms with E-state index in [2.05, 4.69) is 24.4 Å². The standard InChI is InChI=1S/C19H26N2O4S/c1-14(7-8-15-5-3-2-4-6-15)12-21-13-18(23)16-9-10-17(22)19(11-16)26(20,24)25/h2-6,9-11,14,18,21-23H,7-8,12-13H2,1H3,(H2,20,24,25). The van der Waals surface area contributed by atoms with E-state index in [-0.39, 0.29) is 11.4 Å². The summed E-state index contributed by atoms with van der Waals surface area (Å²) in [5.41, 5.74) is 1.69. The van der Waals surface area contributed by atoms with Crippen molar-refractivity contribution in [3.05, 3.63) is 59.7 Å². The summed E-state index contributed by atoms with van der Waals surface area (Å²) in [4.78, 5) is -0.384. The highest BCUT2D eigenvalue weighted by Crippen LogP contribution is 2.25. The molecule has 0 aliphatic rings. The fourth-order valence-corrected chi connectivity index (χ4v) is 3.37. The van der Waals surface area contributed by atoms with Gasteiger partial charge in [0.1, 0.15) is 10.6 Å². The summed E-state index contributed by atoms with van der Waals surface area (Å²) >= 11 is 0. The Bertz CT molecular complexity index is 810. The molecule has 2 aromatic carbocycles. The maximum atomic E-state index is 11.4. The molecule has 0 amide bonds. The molecule has 0 aliphatic heterocycles. The summed E-state index contributed by atoms with van der Waals surface area (Å²) < 4.78 is 22.9. The van der Waals surface area contributed by atoms with Crippen LogP contribution in [0.5, 0.6) is 5.75 Å². The number of hydrogen-bond acceptors (Lipinski definition) is 5. The van der Waals surface area contributed by atoms with Crippen molar-refractivity contribution in [1.82, 2.24) is 5.32 Å². The van der Waals surface area contributed by atoms with Crippen LogP contribution in [0.1, 0.15) is 30.6 Å². The fraction of sp³-hybridized carbons (Fsp3) is 0.368. The normalized spacial score (nSPS) is 14.1. The number of nitrogens with two attached hydrogens (primary N) is 1. The summed E-state index contributed by atoms with van der Waals surface area (Å²) in [6.07, 6.45) is 1.14. The summed E-state index contributed by atoms with van der Waals surface area (Å²) in [5.74, 6) is 0.00754. The first-order valence-electron chi connectivity index (χ1n) is 8.56. The van der Waals surface area contributed by atoms with Crippen molar-refractivity contribution in [2.45, 2.75) is 30.8 Å². The van der Waals surface area contributed by atoms with Gasteiger partial charge < -0.3 is 15.5 Å². The number of phenols is 1. The van der Waals surface area contributed by atoms with Crippen LogP contribution in [0.2, 0.25) is 0 Å². The van der Waals surface area contributed by atoms with Gasteiger partial charge in [-0.2, -0.15) is 0 Å². The Balaban J connectivity index is 1.82. The molecule has 142 valence electrons. The highest BCUT2D eigenvalue weighted by molar-refractivity contribution is 7.89. The first-order chi connectivity index (χ1) is 12.3. The van der Waals surface area contributed by atoms with Crippen LogP contribution < -0.4 is 10.5 Å². The lowest BCUT2D eigenvalue weighted by Gasteiger charge is -2.16. The lowest BCUT2D eigenvalue weighted by atomic mass is 10.0. The molecule has 0 spiro atoms. The molecule has 0 bridgehead atoms. The highest BCUT2D eigenvalue weighted by atomic mass is 32.2. The Hall–Kier alpha value is -1.93. The Labute approximate surface area is 154 Å². The van der Waals surface area contributed by atoms with E-state index in [0.29, 0.717) is 11.5 Å². The molecule has 2 aromatic rings. The zero-order chi connectivity index (χ0) is 19.2. The van der Waals surface area contributed by atoms with Crippen LogP contribution >= 0.6 is 0 Å². The Morgan fingerprint density at radius 3 is 2.46 bits per heavy atom. The van der Waals surface area contributed by atoms with Crippen molar-refractivity contribution < 1.29 is 18.6 Å². The number of benzene rings is 2. The number of phenolic OH excluding ortho intramolecular Hbond substituents is 1. The molecule has 0 saturated carbocycles. The molecule has 2 unspecified atom stereocenters. The summed E-state index contributed by atoms with van der Waals surface area (Å²) in [6.45, 7) is 3.16. The average Bonchev–Trinajstić information content (AvgIpc) is 2.60. The van der Waals surface area contributed by atoms with Gasteiger partial charge in [0.05, 0.1) is 6.10 Å². The summed E-state index contributed by atoms with van der Waals surface area (Å²) in [5, 5.41) is 28.1. The second-order valence-electron chi connectivity index (χ2n) is 6.58. The number of sulfonamides is 1. The van der Waals surface area contributed by atoms with E-state index in [9.17, 15) is 18.6 Å². The van der Waals surface area contributed by atoms with Gasteiger partial charge in [-0.3, -0.25) is 0 Å². The number of aryl methyl sites for hydroxylation is 1. The molecule has 2 atom stereocenters. The Morgan fingerprint density at radius 2 is 1.81 bits per heavy atom. The van der Waals surface area contributed by atoms with Crippen LogP contribution in [-0.2, 0) is 16.4 Å². The lowest BCUT2D eigenvalue weighted by Crippen LogP contribution is -2.26. The molecular formula is C19H26N2O4S. The number of nitrogens with one attached hydrogen (secondary N) is 1. The zero-order valence-electron chi connectivity index (χ0n) is 14.8.